The zero-order valence-corrected chi connectivity index (χ0v) is 13.1. The van der Waals surface area contributed by atoms with E-state index in [9.17, 15) is 5.11 Å². The summed E-state index contributed by atoms with van der Waals surface area (Å²) in [6.45, 7) is 4.68. The van der Waals surface area contributed by atoms with Gasteiger partial charge in [0.15, 0.2) is 0 Å². The summed E-state index contributed by atoms with van der Waals surface area (Å²) in [5.41, 5.74) is 1.50. The Labute approximate surface area is 127 Å². The fourth-order valence-corrected chi connectivity index (χ4v) is 2.48. The highest BCUT2D eigenvalue weighted by Gasteiger charge is 2.41. The predicted octanol–water partition coefficient (Wildman–Crippen LogP) is 2.14. The van der Waals surface area contributed by atoms with Gasteiger partial charge < -0.3 is 19.9 Å². The Morgan fingerprint density at radius 2 is 2.10 bits per heavy atom. The van der Waals surface area contributed by atoms with Crippen molar-refractivity contribution in [2.24, 2.45) is 5.41 Å². The third kappa shape index (κ3) is 5.30. The average molecular weight is 293 g/mol. The molecule has 0 aliphatic heterocycles. The summed E-state index contributed by atoms with van der Waals surface area (Å²) in [6, 6.07) is 7.86. The molecule has 2 rings (SSSR count). The second kappa shape index (κ2) is 7.78. The first-order valence-corrected chi connectivity index (χ1v) is 7.71. The highest BCUT2D eigenvalue weighted by molar-refractivity contribution is 5.31. The molecule has 1 aromatic rings. The number of ether oxygens (including phenoxy) is 2. The van der Waals surface area contributed by atoms with Gasteiger partial charge in [0.2, 0.25) is 0 Å². The molecule has 1 saturated carbocycles. The smallest absolute Gasteiger partial charge is 0.122 e. The van der Waals surface area contributed by atoms with Crippen molar-refractivity contribution in [2.75, 3.05) is 33.4 Å². The molecule has 2 N–H and O–H groups in total. The quantitative estimate of drug-likeness (QED) is 0.694. The van der Waals surface area contributed by atoms with Crippen LogP contribution in [0.5, 0.6) is 5.75 Å². The van der Waals surface area contributed by atoms with E-state index in [0.717, 1.165) is 30.9 Å². The molecule has 1 atom stereocenters. The Morgan fingerprint density at radius 3 is 2.76 bits per heavy atom. The third-order valence-electron chi connectivity index (χ3n) is 4.20. The summed E-state index contributed by atoms with van der Waals surface area (Å²) in [5, 5.41) is 13.3. The lowest BCUT2D eigenvalue weighted by atomic mass is 10.0. The molecule has 21 heavy (non-hydrogen) atoms. The van der Waals surface area contributed by atoms with Crippen LogP contribution < -0.4 is 10.1 Å². The van der Waals surface area contributed by atoms with Gasteiger partial charge in [-0.15, -0.1) is 0 Å². The van der Waals surface area contributed by atoms with Crippen LogP contribution in [0.3, 0.4) is 0 Å². The van der Waals surface area contributed by atoms with Crippen molar-refractivity contribution in [3.8, 4) is 5.75 Å². The summed E-state index contributed by atoms with van der Waals surface area (Å²) in [5.74, 6) is 0.843. The van der Waals surface area contributed by atoms with Gasteiger partial charge in [0.25, 0.3) is 0 Å². The molecule has 0 amide bonds. The van der Waals surface area contributed by atoms with Crippen molar-refractivity contribution < 1.29 is 14.6 Å². The monoisotopic (exact) mass is 293 g/mol. The lowest BCUT2D eigenvalue weighted by Gasteiger charge is -2.18. The molecule has 1 aliphatic carbocycles. The van der Waals surface area contributed by atoms with Gasteiger partial charge in [0.1, 0.15) is 18.5 Å². The van der Waals surface area contributed by atoms with Crippen molar-refractivity contribution in [1.82, 2.24) is 5.32 Å². The first-order chi connectivity index (χ1) is 10.2. The molecular formula is C17H27NO3. The van der Waals surface area contributed by atoms with Crippen LogP contribution in [-0.4, -0.2) is 44.6 Å². The molecule has 0 heterocycles. The van der Waals surface area contributed by atoms with Gasteiger partial charge in [-0.05, 0) is 43.2 Å². The molecule has 4 nitrogen and oxygen atoms in total. The summed E-state index contributed by atoms with van der Waals surface area (Å²) >= 11 is 0. The van der Waals surface area contributed by atoms with Gasteiger partial charge >= 0.3 is 0 Å². The highest BCUT2D eigenvalue weighted by Crippen LogP contribution is 2.48. The second-order valence-electron chi connectivity index (χ2n) is 6.10. The number of nitrogens with one attached hydrogen (secondary N) is 1. The summed E-state index contributed by atoms with van der Waals surface area (Å²) in [6.07, 6.45) is 3.15. The molecule has 1 fully saturated rings. The highest BCUT2D eigenvalue weighted by atomic mass is 16.5. The lowest BCUT2D eigenvalue weighted by molar-refractivity contribution is 0.103. The van der Waals surface area contributed by atoms with E-state index in [1.807, 2.05) is 31.2 Å². The molecule has 118 valence electrons. The van der Waals surface area contributed by atoms with Crippen molar-refractivity contribution in [2.45, 2.75) is 32.3 Å². The number of rotatable bonds is 10. The predicted molar refractivity (Wildman–Crippen MR) is 83.7 cm³/mol. The normalized spacial score (nSPS) is 17.5. The molecule has 0 aromatic heterocycles. The number of hydrogen-bond acceptors (Lipinski definition) is 4. The maximum absolute atomic E-state index is 9.98. The number of benzene rings is 1. The van der Waals surface area contributed by atoms with Gasteiger partial charge in [-0.25, -0.2) is 0 Å². The number of hydrogen-bond donors (Lipinski definition) is 2. The molecule has 1 unspecified atom stereocenters. The fraction of sp³-hybridized carbons (Fsp3) is 0.647. The van der Waals surface area contributed by atoms with E-state index < -0.39 is 6.10 Å². The molecule has 4 heteroatoms. The van der Waals surface area contributed by atoms with Gasteiger partial charge in [-0.2, -0.15) is 0 Å². The lowest BCUT2D eigenvalue weighted by Crippen LogP contribution is -2.35. The van der Waals surface area contributed by atoms with Crippen molar-refractivity contribution in [1.29, 1.82) is 0 Å². The van der Waals surface area contributed by atoms with Crippen LogP contribution in [0.25, 0.3) is 0 Å². The second-order valence-corrected chi connectivity index (χ2v) is 6.10. The first kappa shape index (κ1) is 16.3. The van der Waals surface area contributed by atoms with E-state index in [4.69, 9.17) is 9.47 Å². The number of aryl methyl sites for hydroxylation is 1. The van der Waals surface area contributed by atoms with E-state index in [1.54, 1.807) is 7.11 Å². The first-order valence-electron chi connectivity index (χ1n) is 7.71. The summed E-state index contributed by atoms with van der Waals surface area (Å²) < 4.78 is 10.8. The Kier molecular flexibility index (Phi) is 6.03. The molecule has 0 saturated heterocycles. The molecule has 1 aromatic carbocycles. The number of para-hydroxylation sites is 1. The number of aliphatic hydroxyl groups excluding tert-OH is 1. The van der Waals surface area contributed by atoms with Crippen molar-refractivity contribution in [3.05, 3.63) is 29.8 Å². The van der Waals surface area contributed by atoms with Crippen LogP contribution in [0.4, 0.5) is 0 Å². The van der Waals surface area contributed by atoms with Crippen molar-refractivity contribution >= 4 is 0 Å². The number of aliphatic hydroxyl groups is 1. The van der Waals surface area contributed by atoms with E-state index in [0.29, 0.717) is 18.6 Å². The Hall–Kier alpha value is -1.10. The maximum atomic E-state index is 9.98. The van der Waals surface area contributed by atoms with Crippen LogP contribution in [0, 0.1) is 12.3 Å². The van der Waals surface area contributed by atoms with Crippen LogP contribution in [0.1, 0.15) is 24.8 Å². The van der Waals surface area contributed by atoms with Gasteiger partial charge in [0, 0.05) is 26.8 Å². The largest absolute Gasteiger partial charge is 0.491 e. The summed E-state index contributed by atoms with van der Waals surface area (Å²) in [7, 11) is 1.75. The molecule has 1 aliphatic rings. The summed E-state index contributed by atoms with van der Waals surface area (Å²) in [4.78, 5) is 0. The standard InChI is InChI=1S/C17H27NO3/c1-14-5-3-4-6-16(14)21-12-15(19)11-18-13-17(7-8-17)9-10-20-2/h3-6,15,18-19H,7-13H2,1-2H3. The van der Waals surface area contributed by atoms with E-state index in [-0.39, 0.29) is 0 Å². The van der Waals surface area contributed by atoms with Gasteiger partial charge in [0.05, 0.1) is 0 Å². The minimum absolute atomic E-state index is 0.322. The number of methoxy groups -OCH3 is 1. The Bertz CT molecular complexity index is 432. The SMILES string of the molecule is COCCC1(CNCC(O)COc2ccccc2C)CC1. The molecule has 0 radical (unpaired) electrons. The Morgan fingerprint density at radius 1 is 1.33 bits per heavy atom. The van der Waals surface area contributed by atoms with Crippen LogP contribution in [-0.2, 0) is 4.74 Å². The molecule has 0 spiro atoms. The fourth-order valence-electron chi connectivity index (χ4n) is 2.48. The zero-order valence-electron chi connectivity index (χ0n) is 13.1. The van der Waals surface area contributed by atoms with E-state index in [1.165, 1.54) is 12.8 Å². The third-order valence-corrected chi connectivity index (χ3v) is 4.20. The topological polar surface area (TPSA) is 50.7 Å². The van der Waals surface area contributed by atoms with Crippen molar-refractivity contribution in [3.63, 3.8) is 0 Å². The zero-order chi connectivity index (χ0) is 15.1. The van der Waals surface area contributed by atoms with E-state index in [2.05, 4.69) is 5.32 Å². The minimum Gasteiger partial charge on any atom is -0.491 e. The maximum Gasteiger partial charge on any atom is 0.122 e. The molecular weight excluding hydrogens is 266 g/mol. The van der Waals surface area contributed by atoms with E-state index >= 15 is 0 Å². The Balaban J connectivity index is 1.62. The van der Waals surface area contributed by atoms with Gasteiger partial charge in [-0.1, -0.05) is 18.2 Å². The van der Waals surface area contributed by atoms with Gasteiger partial charge in [-0.3, -0.25) is 0 Å². The molecule has 0 bridgehead atoms. The minimum atomic E-state index is -0.483. The van der Waals surface area contributed by atoms with Crippen LogP contribution >= 0.6 is 0 Å². The van der Waals surface area contributed by atoms with Crippen LogP contribution in [0.15, 0.2) is 24.3 Å². The average Bonchev–Trinajstić information content (AvgIpc) is 3.25. The van der Waals surface area contributed by atoms with Crippen LogP contribution in [0.2, 0.25) is 0 Å².